The summed E-state index contributed by atoms with van der Waals surface area (Å²) in [6.45, 7) is 5.45. The van der Waals surface area contributed by atoms with E-state index in [1.54, 1.807) is 0 Å². The Labute approximate surface area is 232 Å². The van der Waals surface area contributed by atoms with Gasteiger partial charge in [0.25, 0.3) is 5.91 Å². The minimum Gasteiger partial charge on any atom is -0.494 e. The lowest BCUT2D eigenvalue weighted by Gasteiger charge is -2.37. The van der Waals surface area contributed by atoms with E-state index in [1.165, 1.54) is 17.3 Å². The average Bonchev–Trinajstić information content (AvgIpc) is 3.21. The molecule has 2 aromatic carbocycles. The Morgan fingerprint density at radius 1 is 1.11 bits per heavy atom. The number of nitrogens with zero attached hydrogens (tertiary/aromatic N) is 2. The predicted octanol–water partition coefficient (Wildman–Crippen LogP) is 4.62. The summed E-state index contributed by atoms with van der Waals surface area (Å²) < 4.78 is 5.71. The summed E-state index contributed by atoms with van der Waals surface area (Å²) in [6, 6.07) is 11.9. The largest absolute Gasteiger partial charge is 0.494 e. The summed E-state index contributed by atoms with van der Waals surface area (Å²) in [5, 5.41) is 6.36. The Bertz CT molecular complexity index is 1200. The Morgan fingerprint density at radius 2 is 1.95 bits per heavy atom. The Hall–Kier alpha value is -2.33. The number of amides is 2. The lowest BCUT2D eigenvalue weighted by molar-refractivity contribution is -0.117. The number of thiol groups is 1. The van der Waals surface area contributed by atoms with Crippen molar-refractivity contribution in [2.24, 2.45) is 0 Å². The molecular weight excluding hydrogens is 528 g/mol. The molecule has 2 N–H and O–H groups in total. The molecule has 0 saturated carbocycles. The maximum Gasteiger partial charge on any atom is 0.259 e. The van der Waals surface area contributed by atoms with Gasteiger partial charge in [-0.2, -0.15) is 0 Å². The Morgan fingerprint density at radius 3 is 2.73 bits per heavy atom. The van der Waals surface area contributed by atoms with Crippen molar-refractivity contribution >= 4 is 65.3 Å². The van der Waals surface area contributed by atoms with Crippen molar-refractivity contribution in [2.75, 3.05) is 49.5 Å². The number of benzene rings is 2. The Balaban J connectivity index is 1.08. The molecule has 5 rings (SSSR count). The van der Waals surface area contributed by atoms with Crippen LogP contribution < -0.4 is 20.3 Å². The summed E-state index contributed by atoms with van der Waals surface area (Å²) in [5.74, 6) is 0.767. The number of piperazine rings is 1. The third kappa shape index (κ3) is 6.57. The summed E-state index contributed by atoms with van der Waals surface area (Å²) >= 11 is 12.3. The number of hydrogen-bond acceptors (Lipinski definition) is 7. The van der Waals surface area contributed by atoms with Crippen LogP contribution in [0.4, 0.5) is 11.4 Å². The molecule has 3 aliphatic heterocycles. The van der Waals surface area contributed by atoms with Gasteiger partial charge in [0, 0.05) is 60.6 Å². The fraction of sp³-hybridized carbons (Fsp3) is 0.407. The lowest BCUT2D eigenvalue weighted by Crippen LogP contribution is -2.46. The molecule has 2 amide bonds. The highest BCUT2D eigenvalue weighted by Crippen LogP contribution is 2.36. The van der Waals surface area contributed by atoms with Crippen LogP contribution in [0.2, 0.25) is 5.02 Å². The van der Waals surface area contributed by atoms with E-state index in [0.717, 1.165) is 74.7 Å². The number of unbranched alkanes of at least 4 members (excludes halogenated alkanes) is 1. The van der Waals surface area contributed by atoms with Crippen LogP contribution in [0, 0.1) is 0 Å². The van der Waals surface area contributed by atoms with E-state index >= 15 is 0 Å². The van der Waals surface area contributed by atoms with E-state index < -0.39 is 0 Å². The van der Waals surface area contributed by atoms with Crippen LogP contribution in [0.15, 0.2) is 41.3 Å². The van der Waals surface area contributed by atoms with Crippen LogP contribution in [0.3, 0.4) is 0 Å². The summed E-state index contributed by atoms with van der Waals surface area (Å²) in [5.41, 5.74) is 3.99. The minimum absolute atomic E-state index is 0.0696. The fourth-order valence-electron chi connectivity index (χ4n) is 4.84. The van der Waals surface area contributed by atoms with Gasteiger partial charge in [0.2, 0.25) is 5.91 Å². The van der Waals surface area contributed by atoms with Crippen LogP contribution >= 0.6 is 36.0 Å². The normalized spacial score (nSPS) is 21.1. The molecule has 3 aliphatic rings. The second-order valence-electron chi connectivity index (χ2n) is 9.38. The third-order valence-corrected chi connectivity index (χ3v) is 8.52. The van der Waals surface area contributed by atoms with Gasteiger partial charge >= 0.3 is 0 Å². The van der Waals surface area contributed by atoms with Gasteiger partial charge in [-0.3, -0.25) is 14.5 Å². The van der Waals surface area contributed by atoms with E-state index in [-0.39, 0.29) is 16.5 Å². The van der Waals surface area contributed by atoms with Gasteiger partial charge in [-0.1, -0.05) is 35.5 Å². The summed E-state index contributed by atoms with van der Waals surface area (Å²) in [4.78, 5) is 29.3. The molecule has 3 heterocycles. The summed E-state index contributed by atoms with van der Waals surface area (Å²) in [7, 11) is 0. The number of halogens is 1. The fourth-order valence-corrected chi connectivity index (χ4v) is 6.28. The van der Waals surface area contributed by atoms with Crippen molar-refractivity contribution in [3.05, 3.63) is 57.5 Å². The van der Waals surface area contributed by atoms with E-state index in [4.69, 9.17) is 16.3 Å². The van der Waals surface area contributed by atoms with Crippen LogP contribution in [0.1, 0.15) is 30.4 Å². The first kappa shape index (κ1) is 26.3. The molecule has 2 saturated heterocycles. The van der Waals surface area contributed by atoms with Gasteiger partial charge in [-0.25, -0.2) is 0 Å². The van der Waals surface area contributed by atoms with Crippen LogP contribution in [0.5, 0.6) is 5.75 Å². The number of ether oxygens (including phenoxy) is 1. The zero-order valence-electron chi connectivity index (χ0n) is 20.5. The average molecular weight is 559 g/mol. The SMILES string of the molecule is O=C1CCc2ccc(OCCCCN3CCN(c4cccc(Cl)c4/C=C4\SC(S)NC4=O)CC3)cc2N1. The molecule has 37 heavy (non-hydrogen) atoms. The van der Waals surface area contributed by atoms with Gasteiger partial charge in [-0.15, -0.1) is 12.6 Å². The van der Waals surface area contributed by atoms with Crippen LogP contribution in [0.25, 0.3) is 6.08 Å². The minimum atomic E-state index is -0.223. The highest BCUT2D eigenvalue weighted by atomic mass is 35.5. The van der Waals surface area contributed by atoms with Crippen molar-refractivity contribution in [1.82, 2.24) is 10.2 Å². The topological polar surface area (TPSA) is 73.9 Å². The number of rotatable bonds is 8. The molecule has 0 aromatic heterocycles. The first-order valence-electron chi connectivity index (χ1n) is 12.6. The molecular formula is C27H31ClN4O3S2. The molecule has 2 fully saturated rings. The Kier molecular flexibility index (Phi) is 8.54. The molecule has 10 heteroatoms. The second-order valence-corrected chi connectivity index (χ2v) is 11.8. The molecule has 0 bridgehead atoms. The first-order valence-corrected chi connectivity index (χ1v) is 14.4. The summed E-state index contributed by atoms with van der Waals surface area (Å²) in [6.07, 6.45) is 5.26. The van der Waals surface area contributed by atoms with Crippen molar-refractivity contribution < 1.29 is 14.3 Å². The number of carbonyl (C=O) groups is 2. The highest BCUT2D eigenvalue weighted by Gasteiger charge is 2.26. The number of carbonyl (C=O) groups excluding carboxylic acids is 2. The monoisotopic (exact) mass is 558 g/mol. The van der Waals surface area contributed by atoms with E-state index in [9.17, 15) is 9.59 Å². The zero-order valence-corrected chi connectivity index (χ0v) is 23.0. The van der Waals surface area contributed by atoms with Crippen molar-refractivity contribution in [3.63, 3.8) is 0 Å². The van der Waals surface area contributed by atoms with Gasteiger partial charge < -0.3 is 20.3 Å². The van der Waals surface area contributed by atoms with Gasteiger partial charge in [0.05, 0.1) is 11.5 Å². The van der Waals surface area contributed by atoms with Crippen LogP contribution in [-0.2, 0) is 16.0 Å². The first-order chi connectivity index (χ1) is 18.0. The highest BCUT2D eigenvalue weighted by molar-refractivity contribution is 8.14. The predicted molar refractivity (Wildman–Crippen MR) is 155 cm³/mol. The van der Waals surface area contributed by atoms with Crippen molar-refractivity contribution in [2.45, 2.75) is 30.4 Å². The number of nitrogens with one attached hydrogen (secondary N) is 2. The second kappa shape index (κ2) is 12.0. The molecule has 0 aliphatic carbocycles. The van der Waals surface area contributed by atoms with Gasteiger partial charge in [0.15, 0.2) is 0 Å². The number of hydrogen-bond donors (Lipinski definition) is 3. The molecule has 1 unspecified atom stereocenters. The number of aryl methyl sites for hydroxylation is 1. The molecule has 1 atom stereocenters. The van der Waals surface area contributed by atoms with E-state index in [2.05, 4.69) is 39.1 Å². The maximum atomic E-state index is 12.2. The number of thioether (sulfide) groups is 1. The smallest absolute Gasteiger partial charge is 0.259 e. The van der Waals surface area contributed by atoms with Crippen LogP contribution in [-0.4, -0.2) is 60.8 Å². The van der Waals surface area contributed by atoms with Crippen molar-refractivity contribution in [3.8, 4) is 5.75 Å². The maximum absolute atomic E-state index is 12.2. The zero-order chi connectivity index (χ0) is 25.8. The molecule has 2 aromatic rings. The van der Waals surface area contributed by atoms with E-state index in [0.29, 0.717) is 23.0 Å². The van der Waals surface area contributed by atoms with E-state index in [1.807, 2.05) is 36.4 Å². The lowest BCUT2D eigenvalue weighted by atomic mass is 10.0. The number of anilines is 2. The quantitative estimate of drug-likeness (QED) is 0.249. The van der Waals surface area contributed by atoms with Gasteiger partial charge in [-0.05, 0) is 55.6 Å². The third-order valence-electron chi connectivity index (χ3n) is 6.85. The van der Waals surface area contributed by atoms with Gasteiger partial charge in [0.1, 0.15) is 10.5 Å². The molecule has 0 radical (unpaired) electrons. The number of fused-ring (bicyclic) bond motifs is 1. The molecule has 7 nitrogen and oxygen atoms in total. The molecule has 196 valence electrons. The van der Waals surface area contributed by atoms with Crippen molar-refractivity contribution in [1.29, 1.82) is 0 Å². The molecule has 0 spiro atoms. The standard InChI is InChI=1S/C27H31ClN4O3S2/c28-21-4-3-5-23(20(21)17-24-26(34)30-27(36)37-24)32-13-11-31(12-14-32)10-1-2-15-35-19-8-6-18-7-9-25(33)29-22(18)16-19/h3-6,8,16-17,27,36H,1-2,7,9-15H2,(H,29,33)(H,30,34)/b24-17-.